The number of aromatic nitrogens is 1. The second kappa shape index (κ2) is 9.47. The molecule has 1 aromatic heterocycles. The molecule has 0 spiro atoms. The second-order valence-electron chi connectivity index (χ2n) is 9.34. The van der Waals surface area contributed by atoms with Gasteiger partial charge in [0.25, 0.3) is 0 Å². The molecular weight excluding hydrogens is 454 g/mol. The topological polar surface area (TPSA) is 85.7 Å². The predicted molar refractivity (Wildman–Crippen MR) is 129 cm³/mol. The van der Waals surface area contributed by atoms with E-state index in [-0.39, 0.29) is 17.6 Å². The minimum Gasteiger partial charge on any atom is -0.493 e. The molecule has 0 fully saturated rings. The summed E-state index contributed by atoms with van der Waals surface area (Å²) in [4.78, 5) is 28.9. The van der Waals surface area contributed by atoms with Crippen molar-refractivity contribution in [1.29, 1.82) is 0 Å². The van der Waals surface area contributed by atoms with Crippen LogP contribution < -0.4 is 9.47 Å². The third kappa shape index (κ3) is 5.23. The Morgan fingerprint density at radius 1 is 1.15 bits per heavy atom. The van der Waals surface area contributed by atoms with Crippen molar-refractivity contribution in [2.75, 3.05) is 6.61 Å². The maximum atomic E-state index is 12.8. The molecule has 1 N–H and O–H groups in total. The van der Waals surface area contributed by atoms with Crippen LogP contribution in [0.3, 0.4) is 0 Å². The summed E-state index contributed by atoms with van der Waals surface area (Å²) < 4.78 is 11.5. The molecule has 4 rings (SSSR count). The lowest BCUT2D eigenvalue weighted by molar-refractivity contribution is -0.139. The Bertz CT molecular complexity index is 1230. The lowest BCUT2D eigenvalue weighted by atomic mass is 9.91. The Morgan fingerprint density at radius 3 is 2.56 bits per heavy atom. The number of carboxylic acids is 1. The number of fused-ring (bicyclic) bond motifs is 1. The Hall–Kier alpha value is -3.38. The first kappa shape index (κ1) is 23.8. The first-order chi connectivity index (χ1) is 16.1. The van der Waals surface area contributed by atoms with Crippen LogP contribution in [-0.2, 0) is 16.6 Å². The lowest BCUT2D eigenvalue weighted by Gasteiger charge is -2.24. The molecule has 176 valence electrons. The van der Waals surface area contributed by atoms with Crippen molar-refractivity contribution >= 4 is 23.4 Å². The van der Waals surface area contributed by atoms with E-state index in [0.29, 0.717) is 46.4 Å². The molecule has 6 nitrogen and oxygen atoms in total. The van der Waals surface area contributed by atoms with Crippen LogP contribution in [0.4, 0.5) is 0 Å². The van der Waals surface area contributed by atoms with Gasteiger partial charge in [-0.05, 0) is 48.9 Å². The van der Waals surface area contributed by atoms with E-state index in [2.05, 4.69) is 25.8 Å². The summed E-state index contributed by atoms with van der Waals surface area (Å²) in [5.41, 5.74) is 2.69. The number of nitrogens with zero attached hydrogens (tertiary/aromatic N) is 1. The number of aliphatic carboxylic acids is 1. The van der Waals surface area contributed by atoms with Crippen LogP contribution in [0.5, 0.6) is 17.2 Å². The Morgan fingerprint density at radius 2 is 1.88 bits per heavy atom. The highest BCUT2D eigenvalue weighted by molar-refractivity contribution is 6.32. The van der Waals surface area contributed by atoms with E-state index < -0.39 is 11.9 Å². The fourth-order valence-corrected chi connectivity index (χ4v) is 4.03. The van der Waals surface area contributed by atoms with Gasteiger partial charge >= 0.3 is 5.97 Å². The molecule has 2 heterocycles. The average molecular weight is 480 g/mol. The van der Waals surface area contributed by atoms with Crippen molar-refractivity contribution < 1.29 is 24.2 Å². The molecule has 1 unspecified atom stereocenters. The molecule has 7 heteroatoms. The zero-order valence-electron chi connectivity index (χ0n) is 19.3. The molecule has 1 atom stereocenters. The van der Waals surface area contributed by atoms with Gasteiger partial charge < -0.3 is 14.6 Å². The number of pyridine rings is 1. The van der Waals surface area contributed by atoms with Crippen molar-refractivity contribution in [3.05, 3.63) is 82.1 Å². The van der Waals surface area contributed by atoms with Gasteiger partial charge in [0.2, 0.25) is 0 Å². The quantitative estimate of drug-likeness (QED) is 0.423. The zero-order valence-corrected chi connectivity index (χ0v) is 20.1. The summed E-state index contributed by atoms with van der Waals surface area (Å²) in [6, 6.07) is 15.8. The fourth-order valence-electron chi connectivity index (χ4n) is 3.82. The fraction of sp³-hybridized carbons (Fsp3) is 0.296. The highest BCUT2D eigenvalue weighted by Crippen LogP contribution is 2.41. The molecule has 2 aromatic carbocycles. The Kier molecular flexibility index (Phi) is 6.62. The summed E-state index contributed by atoms with van der Waals surface area (Å²) in [7, 11) is 0. The molecule has 34 heavy (non-hydrogen) atoms. The van der Waals surface area contributed by atoms with E-state index in [0.717, 1.165) is 11.4 Å². The molecular formula is C27H26ClNO5. The van der Waals surface area contributed by atoms with E-state index in [4.69, 9.17) is 21.1 Å². The van der Waals surface area contributed by atoms with Crippen LogP contribution in [-0.4, -0.2) is 28.4 Å². The number of ketones is 1. The normalized spacial score (nSPS) is 15.2. The smallest absolute Gasteiger partial charge is 0.311 e. The number of carbonyl (C=O) groups is 2. The highest BCUT2D eigenvalue weighted by Gasteiger charge is 2.29. The number of rotatable bonds is 6. The maximum absolute atomic E-state index is 12.8. The Labute approximate surface area is 203 Å². The number of Topliss-reactive ketones (excluding diaryl/α,β-unsaturated/α-hetero) is 1. The van der Waals surface area contributed by atoms with E-state index >= 15 is 0 Å². The van der Waals surface area contributed by atoms with E-state index in [1.807, 2.05) is 18.2 Å². The predicted octanol–water partition coefficient (Wildman–Crippen LogP) is 6.20. The number of ether oxygens (including phenoxy) is 2. The molecule has 0 bridgehead atoms. The molecule has 1 aliphatic rings. The van der Waals surface area contributed by atoms with Crippen molar-refractivity contribution in [2.45, 2.75) is 44.9 Å². The van der Waals surface area contributed by atoms with Crippen molar-refractivity contribution in [3.8, 4) is 17.2 Å². The summed E-state index contributed by atoms with van der Waals surface area (Å²) in [5, 5.41) is 9.72. The van der Waals surface area contributed by atoms with Crippen LogP contribution in [0.2, 0.25) is 5.02 Å². The van der Waals surface area contributed by atoms with Gasteiger partial charge in [0, 0.05) is 34.0 Å². The van der Waals surface area contributed by atoms with Gasteiger partial charge in [0.1, 0.15) is 17.2 Å². The average Bonchev–Trinajstić information content (AvgIpc) is 2.79. The zero-order chi connectivity index (χ0) is 24.5. The van der Waals surface area contributed by atoms with Gasteiger partial charge in [0.05, 0.1) is 24.0 Å². The van der Waals surface area contributed by atoms with Gasteiger partial charge in [-0.2, -0.15) is 0 Å². The standard InChI is InChI=1S/C27H26ClNO5/c1-27(2,3)25-6-4-5-17(29-25)13-22(30)16-7-9-18(10-8-16)34-24-15-23-20(14-21(24)28)19(26(31)32)11-12-33-23/h4-10,14-15,19H,11-13H2,1-3H3,(H,31,32). The molecule has 3 aromatic rings. The van der Waals surface area contributed by atoms with Crippen LogP contribution >= 0.6 is 11.6 Å². The van der Waals surface area contributed by atoms with Crippen molar-refractivity contribution in [1.82, 2.24) is 4.98 Å². The van der Waals surface area contributed by atoms with Gasteiger partial charge in [-0.1, -0.05) is 38.4 Å². The third-order valence-corrected chi connectivity index (χ3v) is 6.02. The van der Waals surface area contributed by atoms with Crippen molar-refractivity contribution in [3.63, 3.8) is 0 Å². The minimum atomic E-state index is -0.908. The number of hydrogen-bond donors (Lipinski definition) is 1. The number of carboxylic acid groups (broad SMARTS) is 1. The molecule has 0 radical (unpaired) electrons. The minimum absolute atomic E-state index is 0.0370. The number of benzene rings is 2. The Balaban J connectivity index is 1.47. The van der Waals surface area contributed by atoms with Crippen molar-refractivity contribution in [2.24, 2.45) is 0 Å². The molecule has 0 saturated heterocycles. The first-order valence-electron chi connectivity index (χ1n) is 11.1. The molecule has 0 amide bonds. The van der Waals surface area contributed by atoms with Crippen LogP contribution in [0.1, 0.15) is 60.4 Å². The van der Waals surface area contributed by atoms with Crippen LogP contribution in [0.15, 0.2) is 54.6 Å². The van der Waals surface area contributed by atoms with Gasteiger partial charge in [-0.15, -0.1) is 0 Å². The van der Waals surface area contributed by atoms with Gasteiger partial charge in [0.15, 0.2) is 5.78 Å². The summed E-state index contributed by atoms with van der Waals surface area (Å²) >= 11 is 6.36. The second-order valence-corrected chi connectivity index (χ2v) is 9.75. The van der Waals surface area contributed by atoms with E-state index in [1.54, 1.807) is 36.4 Å². The molecule has 1 aliphatic heterocycles. The maximum Gasteiger partial charge on any atom is 0.311 e. The number of carbonyl (C=O) groups excluding carboxylic acids is 1. The van der Waals surface area contributed by atoms with E-state index in [1.165, 1.54) is 0 Å². The van der Waals surface area contributed by atoms with E-state index in [9.17, 15) is 14.7 Å². The summed E-state index contributed by atoms with van der Waals surface area (Å²) in [6.07, 6.45) is 0.604. The number of halogens is 1. The molecule has 0 aliphatic carbocycles. The van der Waals surface area contributed by atoms with Crippen LogP contribution in [0, 0.1) is 0 Å². The molecule has 0 saturated carbocycles. The largest absolute Gasteiger partial charge is 0.493 e. The summed E-state index contributed by atoms with van der Waals surface area (Å²) in [5.74, 6) is -0.292. The van der Waals surface area contributed by atoms with Gasteiger partial charge in [-0.3, -0.25) is 14.6 Å². The first-order valence-corrected chi connectivity index (χ1v) is 11.5. The van der Waals surface area contributed by atoms with Crippen LogP contribution in [0.25, 0.3) is 0 Å². The summed E-state index contributed by atoms with van der Waals surface area (Å²) in [6.45, 7) is 6.58. The monoisotopic (exact) mass is 479 g/mol. The third-order valence-electron chi connectivity index (χ3n) is 5.72. The van der Waals surface area contributed by atoms with Gasteiger partial charge in [-0.25, -0.2) is 0 Å². The lowest BCUT2D eigenvalue weighted by Crippen LogP contribution is -2.20. The highest BCUT2D eigenvalue weighted by atomic mass is 35.5. The number of hydrogen-bond acceptors (Lipinski definition) is 5. The SMILES string of the molecule is CC(C)(C)c1cccc(CC(=O)c2ccc(Oc3cc4c(cc3Cl)C(C(=O)O)CCO4)cc2)n1.